The summed E-state index contributed by atoms with van der Waals surface area (Å²) < 4.78 is 0. The molecule has 0 amide bonds. The molecule has 274 valence electrons. The fourth-order valence-electron chi connectivity index (χ4n) is 8.75. The van der Waals surface area contributed by atoms with E-state index in [2.05, 4.69) is 170 Å². The Morgan fingerprint density at radius 1 is 0.466 bits per heavy atom. The second-order valence-electron chi connectivity index (χ2n) is 15.3. The lowest BCUT2D eigenvalue weighted by molar-refractivity contribution is 0.624. The Balaban J connectivity index is 1.13. The summed E-state index contributed by atoms with van der Waals surface area (Å²) in [5.41, 5.74) is 13.4. The summed E-state index contributed by atoms with van der Waals surface area (Å²) in [5, 5.41) is 5.83. The fraction of sp³-hybridized carbons (Fsp3) is 0.0741. The Morgan fingerprint density at radius 3 is 1.78 bits per heavy atom. The van der Waals surface area contributed by atoms with Gasteiger partial charge in [-0.2, -0.15) is 0 Å². The summed E-state index contributed by atoms with van der Waals surface area (Å²) in [6.07, 6.45) is 11.7. The number of para-hydroxylation sites is 1. The van der Waals surface area contributed by atoms with Gasteiger partial charge in [-0.15, -0.1) is 0 Å². The van der Waals surface area contributed by atoms with Crippen molar-refractivity contribution in [3.63, 3.8) is 0 Å². The van der Waals surface area contributed by atoms with E-state index < -0.39 is 0 Å². The first-order valence-corrected chi connectivity index (χ1v) is 20.1. The van der Waals surface area contributed by atoms with E-state index in [-0.39, 0.29) is 0 Å². The number of aliphatic imine (C=N–C) groups is 1. The van der Waals surface area contributed by atoms with Crippen molar-refractivity contribution in [3.8, 4) is 56.3 Å². The Morgan fingerprint density at radius 2 is 1.07 bits per heavy atom. The lowest BCUT2D eigenvalue weighted by atomic mass is 9.83. The zero-order valence-electron chi connectivity index (χ0n) is 31.9. The molecular weight excluding hydrogens is 705 g/mol. The lowest BCUT2D eigenvalue weighted by Gasteiger charge is -2.26. The number of rotatable bonds is 5. The predicted octanol–water partition coefficient (Wildman–Crippen LogP) is 13.8. The number of nitrogens with zero attached hydrogens (tertiary/aromatic N) is 4. The SMILES string of the molecule is C1=C\CCC2Cc3c(-c4ccc(-c5c(-c6ccc7ccccc7c6)nc(-c6ccccc6)nc5-c5ccc6ccccc6c5)cc4)nc4ccccc4c3N=C2\C=C/1. The van der Waals surface area contributed by atoms with Crippen molar-refractivity contribution in [1.29, 1.82) is 0 Å². The summed E-state index contributed by atoms with van der Waals surface area (Å²) in [7, 11) is 0. The summed E-state index contributed by atoms with van der Waals surface area (Å²) in [4.78, 5) is 21.5. The molecule has 7 aromatic carbocycles. The molecule has 11 rings (SSSR count). The van der Waals surface area contributed by atoms with Crippen LogP contribution in [0.1, 0.15) is 18.4 Å². The molecular formula is C54H38N4. The second-order valence-corrected chi connectivity index (χ2v) is 15.3. The van der Waals surface area contributed by atoms with Crippen molar-refractivity contribution in [2.75, 3.05) is 0 Å². The van der Waals surface area contributed by atoms with Gasteiger partial charge in [-0.1, -0.05) is 164 Å². The molecule has 0 saturated carbocycles. The highest BCUT2D eigenvalue weighted by molar-refractivity contribution is 6.06. The van der Waals surface area contributed by atoms with E-state index in [4.69, 9.17) is 19.9 Å². The van der Waals surface area contributed by atoms with Gasteiger partial charge in [-0.25, -0.2) is 15.0 Å². The van der Waals surface area contributed by atoms with Crippen LogP contribution in [-0.4, -0.2) is 20.7 Å². The molecule has 2 aromatic heterocycles. The summed E-state index contributed by atoms with van der Waals surface area (Å²) in [6.45, 7) is 0. The van der Waals surface area contributed by atoms with Crippen molar-refractivity contribution >= 4 is 43.8 Å². The van der Waals surface area contributed by atoms with Crippen LogP contribution in [0, 0.1) is 5.92 Å². The first-order valence-electron chi connectivity index (χ1n) is 20.1. The fourth-order valence-corrected chi connectivity index (χ4v) is 8.75. The first-order chi connectivity index (χ1) is 28.7. The van der Waals surface area contributed by atoms with Crippen LogP contribution in [0.5, 0.6) is 0 Å². The van der Waals surface area contributed by atoms with Gasteiger partial charge in [0.1, 0.15) is 0 Å². The molecule has 1 unspecified atom stereocenters. The van der Waals surface area contributed by atoms with E-state index in [1.807, 2.05) is 18.2 Å². The van der Waals surface area contributed by atoms with Crippen molar-refractivity contribution in [2.45, 2.75) is 19.3 Å². The van der Waals surface area contributed by atoms with Crippen molar-refractivity contribution in [3.05, 3.63) is 194 Å². The van der Waals surface area contributed by atoms with Crippen LogP contribution < -0.4 is 0 Å². The maximum absolute atomic E-state index is 5.42. The summed E-state index contributed by atoms with van der Waals surface area (Å²) in [6, 6.07) is 58.0. The Kier molecular flexibility index (Phi) is 8.40. The lowest BCUT2D eigenvalue weighted by Crippen LogP contribution is -2.20. The molecule has 9 aromatic rings. The van der Waals surface area contributed by atoms with Gasteiger partial charge >= 0.3 is 0 Å². The van der Waals surface area contributed by atoms with Crippen LogP contribution >= 0.6 is 0 Å². The quantitative estimate of drug-likeness (QED) is 0.176. The molecule has 1 aliphatic carbocycles. The van der Waals surface area contributed by atoms with Crippen LogP contribution in [0.4, 0.5) is 5.69 Å². The molecule has 4 heteroatoms. The monoisotopic (exact) mass is 742 g/mol. The van der Waals surface area contributed by atoms with Gasteiger partial charge in [-0.3, -0.25) is 4.99 Å². The van der Waals surface area contributed by atoms with Crippen molar-refractivity contribution in [1.82, 2.24) is 15.0 Å². The molecule has 2 aliphatic rings. The smallest absolute Gasteiger partial charge is 0.160 e. The van der Waals surface area contributed by atoms with E-state index in [0.717, 1.165) is 92.0 Å². The minimum Gasteiger partial charge on any atom is -0.252 e. The minimum atomic E-state index is 0.351. The van der Waals surface area contributed by atoms with Crippen LogP contribution in [0.3, 0.4) is 0 Å². The zero-order chi connectivity index (χ0) is 38.4. The number of benzene rings is 7. The molecule has 0 saturated heterocycles. The van der Waals surface area contributed by atoms with Gasteiger partial charge in [0.2, 0.25) is 0 Å². The summed E-state index contributed by atoms with van der Waals surface area (Å²) in [5.74, 6) is 1.04. The van der Waals surface area contributed by atoms with E-state index in [1.54, 1.807) is 0 Å². The molecule has 0 fully saturated rings. The van der Waals surface area contributed by atoms with Crippen LogP contribution in [0.2, 0.25) is 0 Å². The van der Waals surface area contributed by atoms with Gasteiger partial charge in [0.15, 0.2) is 5.82 Å². The Hall–Kier alpha value is -7.30. The van der Waals surface area contributed by atoms with Gasteiger partial charge in [0.25, 0.3) is 0 Å². The zero-order valence-corrected chi connectivity index (χ0v) is 31.9. The Bertz CT molecular complexity index is 3040. The molecule has 0 radical (unpaired) electrons. The number of hydrogen-bond acceptors (Lipinski definition) is 4. The third-order valence-corrected chi connectivity index (χ3v) is 11.7. The molecule has 3 heterocycles. The van der Waals surface area contributed by atoms with Crippen molar-refractivity contribution < 1.29 is 0 Å². The highest BCUT2D eigenvalue weighted by Gasteiger charge is 2.27. The normalized spacial score (nSPS) is 15.9. The predicted molar refractivity (Wildman–Crippen MR) is 241 cm³/mol. The maximum atomic E-state index is 5.42. The standard InChI is InChI=1S/C54H38N4/c1-2-7-22-47-42(20-4-1)34-46-50(56-48-23-13-12-21-45(48)53(46)55-47)38-28-26-37(27-29-38)49-51(43-30-24-35-14-8-10-18-40(35)32-43)57-54(39-16-5-3-6-17-39)58-52(49)44-31-25-36-15-9-11-19-41(36)33-44/h1-3,5-19,21-33,42H,4,20,34H2/b2-1-,22-7-. The number of hydrogen-bond donors (Lipinski definition) is 0. The number of fused-ring (bicyclic) bond motifs is 6. The molecule has 1 aliphatic heterocycles. The molecule has 0 spiro atoms. The highest BCUT2D eigenvalue weighted by Crippen LogP contribution is 2.44. The van der Waals surface area contributed by atoms with E-state index >= 15 is 0 Å². The second kappa shape index (κ2) is 14.3. The molecule has 4 nitrogen and oxygen atoms in total. The first kappa shape index (κ1) is 34.0. The van der Waals surface area contributed by atoms with Gasteiger partial charge in [0, 0.05) is 50.4 Å². The van der Waals surface area contributed by atoms with Crippen molar-refractivity contribution in [2.24, 2.45) is 10.9 Å². The topological polar surface area (TPSA) is 51.0 Å². The molecule has 0 N–H and O–H groups in total. The molecule has 0 bridgehead atoms. The van der Waals surface area contributed by atoms with E-state index in [1.165, 1.54) is 27.1 Å². The molecule has 58 heavy (non-hydrogen) atoms. The highest BCUT2D eigenvalue weighted by atomic mass is 14.9. The molecule has 1 atom stereocenters. The average molecular weight is 743 g/mol. The van der Waals surface area contributed by atoms with E-state index in [0.29, 0.717) is 11.7 Å². The van der Waals surface area contributed by atoms with Gasteiger partial charge < -0.3 is 0 Å². The van der Waals surface area contributed by atoms with Gasteiger partial charge in [-0.05, 0) is 70.6 Å². The average Bonchev–Trinajstić information content (AvgIpc) is 3.28. The number of allylic oxidation sites excluding steroid dienone is 4. The maximum Gasteiger partial charge on any atom is 0.160 e. The van der Waals surface area contributed by atoms with Gasteiger partial charge in [0.05, 0.1) is 28.3 Å². The third kappa shape index (κ3) is 6.11. The largest absolute Gasteiger partial charge is 0.252 e. The van der Waals surface area contributed by atoms with Crippen LogP contribution in [-0.2, 0) is 6.42 Å². The van der Waals surface area contributed by atoms with E-state index in [9.17, 15) is 0 Å². The number of pyridine rings is 1. The Labute approximate surface area is 337 Å². The minimum absolute atomic E-state index is 0.351. The van der Waals surface area contributed by atoms with Crippen LogP contribution in [0.15, 0.2) is 193 Å². The summed E-state index contributed by atoms with van der Waals surface area (Å²) >= 11 is 0. The number of aromatic nitrogens is 3. The van der Waals surface area contributed by atoms with Crippen LogP contribution in [0.25, 0.3) is 88.7 Å². The third-order valence-electron chi connectivity index (χ3n) is 11.7.